The van der Waals surface area contributed by atoms with Crippen molar-refractivity contribution in [1.29, 1.82) is 0 Å². The van der Waals surface area contributed by atoms with Gasteiger partial charge in [-0.3, -0.25) is 0 Å². The highest BCUT2D eigenvalue weighted by Crippen LogP contribution is 2.35. The molecule has 0 atom stereocenters. The Balaban J connectivity index is 2.01. The van der Waals surface area contributed by atoms with E-state index in [0.717, 1.165) is 20.4 Å². The fraction of sp³-hybridized carbons (Fsp3) is 0.0556. The van der Waals surface area contributed by atoms with E-state index < -0.39 is 10.0 Å². The van der Waals surface area contributed by atoms with Crippen molar-refractivity contribution in [3.05, 3.63) is 64.2 Å². The van der Waals surface area contributed by atoms with Gasteiger partial charge in [-0.05, 0) is 48.9 Å². The third-order valence-corrected chi connectivity index (χ3v) is 7.09. The summed E-state index contributed by atoms with van der Waals surface area (Å²) in [7, 11) is -3.82. The smallest absolute Gasteiger partial charge is 0.268 e. The number of hydrogen-bond acceptors (Lipinski definition) is 5. The lowest BCUT2D eigenvalue weighted by molar-refractivity contribution is 0.470. The number of nitrogens with zero attached hydrogens (tertiary/aromatic N) is 2. The maximum absolute atomic E-state index is 13.2. The fourth-order valence-electron chi connectivity index (χ4n) is 2.80. The first-order valence-corrected chi connectivity index (χ1v) is 10.7. The van der Waals surface area contributed by atoms with E-state index in [0.29, 0.717) is 11.1 Å². The highest BCUT2D eigenvalue weighted by atomic mass is 79.9. The molecule has 0 spiro atoms. The molecule has 0 saturated heterocycles. The minimum atomic E-state index is -3.82. The summed E-state index contributed by atoms with van der Waals surface area (Å²) >= 11 is 4.90. The van der Waals surface area contributed by atoms with Gasteiger partial charge in [-0.2, -0.15) is 0 Å². The molecule has 0 saturated carbocycles. The van der Waals surface area contributed by atoms with Gasteiger partial charge in [0.25, 0.3) is 10.0 Å². The SMILES string of the molecule is Cc1cc(S(=O)(=O)n2cc(-c3nccs3)c3cc(Br)ccc32)ccc1O. The number of phenolic OH excluding ortho intramolecular Hbond substituents is 1. The van der Waals surface area contributed by atoms with E-state index in [-0.39, 0.29) is 10.6 Å². The third-order valence-electron chi connectivity index (χ3n) is 4.12. The van der Waals surface area contributed by atoms with Gasteiger partial charge < -0.3 is 5.11 Å². The predicted octanol–water partition coefficient (Wildman–Crippen LogP) is 4.78. The molecular weight excluding hydrogens is 436 g/mol. The van der Waals surface area contributed by atoms with Gasteiger partial charge in [0.1, 0.15) is 10.8 Å². The van der Waals surface area contributed by atoms with Gasteiger partial charge >= 0.3 is 0 Å². The maximum Gasteiger partial charge on any atom is 0.268 e. The number of phenols is 1. The van der Waals surface area contributed by atoms with Crippen LogP contribution >= 0.6 is 27.3 Å². The van der Waals surface area contributed by atoms with Gasteiger partial charge in [0.2, 0.25) is 0 Å². The molecule has 0 fully saturated rings. The van der Waals surface area contributed by atoms with Crippen LogP contribution in [0, 0.1) is 6.92 Å². The van der Waals surface area contributed by atoms with Crippen molar-refractivity contribution in [1.82, 2.24) is 8.96 Å². The van der Waals surface area contributed by atoms with Crippen LogP contribution in [0.1, 0.15) is 5.56 Å². The number of halogens is 1. The second kappa shape index (κ2) is 6.22. The quantitative estimate of drug-likeness (QED) is 0.489. The number of aryl methyl sites for hydroxylation is 1. The van der Waals surface area contributed by atoms with Crippen molar-refractivity contribution < 1.29 is 13.5 Å². The number of hydrogen-bond donors (Lipinski definition) is 1. The van der Waals surface area contributed by atoms with E-state index in [9.17, 15) is 13.5 Å². The van der Waals surface area contributed by atoms with E-state index in [1.165, 1.54) is 33.5 Å². The summed E-state index contributed by atoms with van der Waals surface area (Å²) in [6.45, 7) is 1.67. The Labute approximate surface area is 162 Å². The van der Waals surface area contributed by atoms with Crippen molar-refractivity contribution >= 4 is 48.2 Å². The number of thiazole rings is 1. The van der Waals surface area contributed by atoms with Gasteiger partial charge in [0.05, 0.1) is 10.4 Å². The summed E-state index contributed by atoms with van der Waals surface area (Å²) in [5, 5.41) is 13.1. The van der Waals surface area contributed by atoms with Gasteiger partial charge in [0, 0.05) is 33.2 Å². The van der Waals surface area contributed by atoms with Crippen LogP contribution in [0.2, 0.25) is 0 Å². The van der Waals surface area contributed by atoms with E-state index >= 15 is 0 Å². The molecule has 0 aliphatic heterocycles. The second-order valence-corrected chi connectivity index (χ2v) is 9.42. The van der Waals surface area contributed by atoms with E-state index in [2.05, 4.69) is 20.9 Å². The fourth-order valence-corrected chi connectivity index (χ4v) is 5.28. The lowest BCUT2D eigenvalue weighted by atomic mass is 10.2. The highest BCUT2D eigenvalue weighted by Gasteiger charge is 2.23. The predicted molar refractivity (Wildman–Crippen MR) is 106 cm³/mol. The van der Waals surface area contributed by atoms with E-state index in [1.807, 2.05) is 17.5 Å². The summed E-state index contributed by atoms with van der Waals surface area (Å²) in [6.07, 6.45) is 3.30. The minimum absolute atomic E-state index is 0.0636. The monoisotopic (exact) mass is 448 g/mol. The molecule has 2 heterocycles. The number of aromatic nitrogens is 2. The Bertz CT molecular complexity index is 1230. The average Bonchev–Trinajstić information content (AvgIpc) is 3.24. The molecule has 2 aromatic heterocycles. The molecule has 8 heteroatoms. The van der Waals surface area contributed by atoms with Gasteiger partial charge in [0.15, 0.2) is 0 Å². The Morgan fingerprint density at radius 2 is 2.00 bits per heavy atom. The first kappa shape index (κ1) is 17.3. The number of rotatable bonds is 3. The zero-order valence-electron chi connectivity index (χ0n) is 13.5. The Hall–Kier alpha value is -2.16. The molecule has 1 N–H and O–H groups in total. The summed E-state index contributed by atoms with van der Waals surface area (Å²) in [5.41, 5.74) is 1.84. The van der Waals surface area contributed by atoms with Crippen LogP contribution in [-0.4, -0.2) is 22.5 Å². The Morgan fingerprint density at radius 1 is 1.19 bits per heavy atom. The van der Waals surface area contributed by atoms with Crippen LogP contribution < -0.4 is 0 Å². The average molecular weight is 449 g/mol. The first-order valence-electron chi connectivity index (χ1n) is 7.63. The van der Waals surface area contributed by atoms with Gasteiger partial charge in [-0.15, -0.1) is 11.3 Å². The second-order valence-electron chi connectivity index (χ2n) is 5.79. The van der Waals surface area contributed by atoms with Crippen LogP contribution in [0.3, 0.4) is 0 Å². The van der Waals surface area contributed by atoms with Crippen molar-refractivity contribution in [3.63, 3.8) is 0 Å². The topological polar surface area (TPSA) is 72.2 Å². The van der Waals surface area contributed by atoms with E-state index in [1.54, 1.807) is 25.4 Å². The summed E-state index contributed by atoms with van der Waals surface area (Å²) in [5.74, 6) is 0.0636. The van der Waals surface area contributed by atoms with Gasteiger partial charge in [-0.1, -0.05) is 15.9 Å². The van der Waals surface area contributed by atoms with Crippen molar-refractivity contribution in [2.24, 2.45) is 0 Å². The molecule has 132 valence electrons. The van der Waals surface area contributed by atoms with Gasteiger partial charge in [-0.25, -0.2) is 17.4 Å². The Kier molecular flexibility index (Phi) is 4.13. The van der Waals surface area contributed by atoms with Crippen LogP contribution in [-0.2, 0) is 10.0 Å². The zero-order valence-corrected chi connectivity index (χ0v) is 16.8. The molecule has 0 radical (unpaired) electrons. The molecule has 4 aromatic rings. The molecule has 4 rings (SSSR count). The number of aromatic hydroxyl groups is 1. The summed E-state index contributed by atoms with van der Waals surface area (Å²) in [6, 6.07) is 9.74. The lowest BCUT2D eigenvalue weighted by Crippen LogP contribution is -2.12. The molecule has 0 aliphatic carbocycles. The van der Waals surface area contributed by atoms with Crippen molar-refractivity contribution in [2.45, 2.75) is 11.8 Å². The van der Waals surface area contributed by atoms with Crippen LogP contribution in [0.4, 0.5) is 0 Å². The molecule has 2 aromatic carbocycles. The van der Waals surface area contributed by atoms with Crippen molar-refractivity contribution in [2.75, 3.05) is 0 Å². The number of benzene rings is 2. The molecule has 0 unspecified atom stereocenters. The summed E-state index contributed by atoms with van der Waals surface area (Å²) in [4.78, 5) is 4.45. The first-order chi connectivity index (χ1) is 12.4. The van der Waals surface area contributed by atoms with Crippen molar-refractivity contribution in [3.8, 4) is 16.3 Å². The lowest BCUT2D eigenvalue weighted by Gasteiger charge is -2.09. The zero-order chi connectivity index (χ0) is 18.5. The van der Waals surface area contributed by atoms with Crippen LogP contribution in [0.15, 0.2) is 63.5 Å². The normalized spacial score (nSPS) is 11.9. The van der Waals surface area contributed by atoms with Crippen LogP contribution in [0.25, 0.3) is 21.5 Å². The summed E-state index contributed by atoms with van der Waals surface area (Å²) < 4.78 is 28.6. The molecular formula is C18H13BrN2O3S2. The Morgan fingerprint density at radius 3 is 2.69 bits per heavy atom. The number of fused-ring (bicyclic) bond motifs is 1. The van der Waals surface area contributed by atoms with E-state index in [4.69, 9.17) is 0 Å². The molecule has 26 heavy (non-hydrogen) atoms. The molecule has 0 aliphatic rings. The molecule has 5 nitrogen and oxygen atoms in total. The maximum atomic E-state index is 13.2. The largest absolute Gasteiger partial charge is 0.508 e. The highest BCUT2D eigenvalue weighted by molar-refractivity contribution is 9.10. The van der Waals surface area contributed by atoms with Crippen LogP contribution in [0.5, 0.6) is 5.75 Å². The molecule has 0 amide bonds. The third kappa shape index (κ3) is 2.74. The standard InChI is InChI=1S/C18H13BrN2O3S2/c1-11-8-13(3-5-17(11)22)26(23,24)21-10-15(18-20-6-7-25-18)14-9-12(19)2-4-16(14)21/h2-10,22H,1H3. The molecule has 0 bridgehead atoms. The minimum Gasteiger partial charge on any atom is -0.508 e.